The maximum Gasteiger partial charge on any atom is 0.358 e. The summed E-state index contributed by atoms with van der Waals surface area (Å²) in [6, 6.07) is 13.8. The predicted octanol–water partition coefficient (Wildman–Crippen LogP) is 4.91. The Hall–Kier alpha value is -2.41. The van der Waals surface area contributed by atoms with Crippen LogP contribution < -0.4 is 5.32 Å². The predicted molar refractivity (Wildman–Crippen MR) is 103 cm³/mol. The fourth-order valence-electron chi connectivity index (χ4n) is 2.06. The van der Waals surface area contributed by atoms with Crippen molar-refractivity contribution in [2.45, 2.75) is 0 Å². The number of hydrogen-bond acceptors (Lipinski definition) is 5. The number of esters is 1. The lowest BCUT2D eigenvalue weighted by Gasteiger charge is -2.05. The van der Waals surface area contributed by atoms with Crippen LogP contribution in [0, 0.1) is 0 Å². The zero-order valence-electron chi connectivity index (χ0n) is 13.2. The Morgan fingerprint density at radius 1 is 1.08 bits per heavy atom. The van der Waals surface area contributed by atoms with Gasteiger partial charge in [-0.15, -0.1) is 11.3 Å². The molecule has 0 saturated heterocycles. The normalized spacial score (nSPS) is 10.4. The van der Waals surface area contributed by atoms with Crippen molar-refractivity contribution in [3.63, 3.8) is 0 Å². The molecule has 8 heteroatoms. The highest BCUT2D eigenvalue weighted by molar-refractivity contribution is 7.13. The molecule has 5 nitrogen and oxygen atoms in total. The van der Waals surface area contributed by atoms with E-state index >= 15 is 0 Å². The third-order valence-corrected chi connectivity index (χ3v) is 4.63. The van der Waals surface area contributed by atoms with E-state index in [0.29, 0.717) is 20.7 Å². The minimum absolute atomic E-state index is 0.143. The van der Waals surface area contributed by atoms with Gasteiger partial charge in [0.1, 0.15) is 5.01 Å². The monoisotopic (exact) mass is 406 g/mol. The molecule has 1 amide bonds. The van der Waals surface area contributed by atoms with Gasteiger partial charge in [-0.05, 0) is 36.4 Å². The molecule has 0 radical (unpaired) electrons. The zero-order valence-corrected chi connectivity index (χ0v) is 15.6. The summed E-state index contributed by atoms with van der Waals surface area (Å²) in [6.45, 7) is -0.411. The van der Waals surface area contributed by atoms with Gasteiger partial charge in [-0.3, -0.25) is 4.79 Å². The second-order valence-electron chi connectivity index (χ2n) is 5.18. The largest absolute Gasteiger partial charge is 0.451 e. The van der Waals surface area contributed by atoms with Gasteiger partial charge >= 0.3 is 5.97 Å². The number of nitrogens with one attached hydrogen (secondary N) is 1. The standard InChI is InChI=1S/C18H12Cl2N2O3S/c19-12-4-6-14(7-5-12)21-16(23)9-25-18(24)15-10-26-17(22-15)11-2-1-3-13(20)8-11/h1-8,10H,9H2,(H,21,23). The summed E-state index contributed by atoms with van der Waals surface area (Å²) in [6.07, 6.45) is 0. The molecule has 3 aromatic rings. The van der Waals surface area contributed by atoms with Gasteiger partial charge in [0.2, 0.25) is 0 Å². The molecule has 1 N–H and O–H groups in total. The first-order chi connectivity index (χ1) is 12.5. The molecule has 0 aliphatic carbocycles. The first kappa shape index (κ1) is 18.4. The van der Waals surface area contributed by atoms with Crippen LogP contribution in [0.15, 0.2) is 53.9 Å². The van der Waals surface area contributed by atoms with Gasteiger partial charge in [0.15, 0.2) is 12.3 Å². The summed E-state index contributed by atoms with van der Waals surface area (Å²) in [5.74, 6) is -1.12. The van der Waals surface area contributed by atoms with Gasteiger partial charge in [0, 0.05) is 26.7 Å². The van der Waals surface area contributed by atoms with Crippen molar-refractivity contribution in [3.8, 4) is 10.6 Å². The van der Waals surface area contributed by atoms with Crippen molar-refractivity contribution in [2.24, 2.45) is 0 Å². The van der Waals surface area contributed by atoms with Gasteiger partial charge in [0.05, 0.1) is 0 Å². The van der Waals surface area contributed by atoms with E-state index < -0.39 is 18.5 Å². The Balaban J connectivity index is 1.57. The lowest BCUT2D eigenvalue weighted by molar-refractivity contribution is -0.119. The van der Waals surface area contributed by atoms with Crippen molar-refractivity contribution in [1.29, 1.82) is 0 Å². The van der Waals surface area contributed by atoms with Crippen LogP contribution in [0.2, 0.25) is 10.0 Å². The lowest BCUT2D eigenvalue weighted by Crippen LogP contribution is -2.21. The number of ether oxygens (including phenoxy) is 1. The Labute approximate surface area is 163 Å². The Morgan fingerprint density at radius 3 is 2.58 bits per heavy atom. The van der Waals surface area contributed by atoms with Crippen LogP contribution in [0.1, 0.15) is 10.5 Å². The SMILES string of the molecule is O=C(COC(=O)c1csc(-c2cccc(Cl)c2)n1)Nc1ccc(Cl)cc1. The topological polar surface area (TPSA) is 68.3 Å². The van der Waals surface area contributed by atoms with E-state index in [9.17, 15) is 9.59 Å². The van der Waals surface area contributed by atoms with Gasteiger partial charge in [-0.1, -0.05) is 35.3 Å². The summed E-state index contributed by atoms with van der Waals surface area (Å²) in [5.41, 5.74) is 1.51. The van der Waals surface area contributed by atoms with Crippen molar-refractivity contribution >= 4 is 52.1 Å². The van der Waals surface area contributed by atoms with E-state index in [2.05, 4.69) is 10.3 Å². The molecule has 0 unspecified atom stereocenters. The zero-order chi connectivity index (χ0) is 18.5. The van der Waals surface area contributed by atoms with Gasteiger partial charge in [0.25, 0.3) is 5.91 Å². The summed E-state index contributed by atoms with van der Waals surface area (Å²) >= 11 is 13.0. The Bertz CT molecular complexity index is 942. The minimum Gasteiger partial charge on any atom is -0.451 e. The number of halogens is 2. The molecule has 0 saturated carbocycles. The molecular formula is C18H12Cl2N2O3S. The molecule has 1 aromatic heterocycles. The quantitative estimate of drug-likeness (QED) is 0.610. The first-order valence-electron chi connectivity index (χ1n) is 7.45. The number of thiazole rings is 1. The van der Waals surface area contributed by atoms with Crippen LogP contribution in [-0.4, -0.2) is 23.5 Å². The highest BCUT2D eigenvalue weighted by atomic mass is 35.5. The van der Waals surface area contributed by atoms with Crippen LogP contribution in [0.3, 0.4) is 0 Å². The number of benzene rings is 2. The smallest absolute Gasteiger partial charge is 0.358 e. The fourth-order valence-corrected chi connectivity index (χ4v) is 3.16. The van der Waals surface area contributed by atoms with E-state index in [1.54, 1.807) is 47.8 Å². The summed E-state index contributed by atoms with van der Waals surface area (Å²) in [5, 5.41) is 5.98. The number of carbonyl (C=O) groups is 2. The molecular weight excluding hydrogens is 395 g/mol. The van der Waals surface area contributed by atoms with Gasteiger partial charge in [-0.2, -0.15) is 0 Å². The van der Waals surface area contributed by atoms with Crippen LogP contribution >= 0.6 is 34.5 Å². The molecule has 0 fully saturated rings. The minimum atomic E-state index is -0.666. The Morgan fingerprint density at radius 2 is 1.85 bits per heavy atom. The van der Waals surface area contributed by atoms with Gasteiger partial charge in [-0.25, -0.2) is 9.78 Å². The lowest BCUT2D eigenvalue weighted by atomic mass is 10.2. The first-order valence-corrected chi connectivity index (χ1v) is 9.09. The average molecular weight is 407 g/mol. The van der Waals surface area contributed by atoms with Crippen LogP contribution in [0.5, 0.6) is 0 Å². The van der Waals surface area contributed by atoms with E-state index in [4.69, 9.17) is 27.9 Å². The Kier molecular flexibility index (Phi) is 5.88. The molecule has 0 aliphatic rings. The average Bonchev–Trinajstić information content (AvgIpc) is 3.12. The number of carbonyl (C=O) groups excluding carboxylic acids is 2. The molecule has 2 aromatic carbocycles. The number of hydrogen-bond donors (Lipinski definition) is 1. The highest BCUT2D eigenvalue weighted by Crippen LogP contribution is 2.26. The molecule has 132 valence electrons. The summed E-state index contributed by atoms with van der Waals surface area (Å²) in [7, 11) is 0. The maximum atomic E-state index is 12.1. The molecule has 1 heterocycles. The molecule has 0 aliphatic heterocycles. The summed E-state index contributed by atoms with van der Waals surface area (Å²) in [4.78, 5) is 28.1. The van der Waals surface area contributed by atoms with Crippen molar-refractivity contribution in [3.05, 3.63) is 69.7 Å². The van der Waals surface area contributed by atoms with E-state index in [-0.39, 0.29) is 5.69 Å². The fraction of sp³-hybridized carbons (Fsp3) is 0.0556. The van der Waals surface area contributed by atoms with Crippen molar-refractivity contribution < 1.29 is 14.3 Å². The number of anilines is 1. The third-order valence-electron chi connectivity index (χ3n) is 3.25. The maximum absolute atomic E-state index is 12.1. The summed E-state index contributed by atoms with van der Waals surface area (Å²) < 4.78 is 5.00. The molecule has 3 rings (SSSR count). The van der Waals surface area contributed by atoms with Gasteiger partial charge < -0.3 is 10.1 Å². The third kappa shape index (κ3) is 4.82. The van der Waals surface area contributed by atoms with Crippen LogP contribution in [0.4, 0.5) is 5.69 Å². The van der Waals surface area contributed by atoms with E-state index in [1.165, 1.54) is 11.3 Å². The second kappa shape index (κ2) is 8.31. The van der Waals surface area contributed by atoms with Crippen LogP contribution in [0.25, 0.3) is 10.6 Å². The van der Waals surface area contributed by atoms with E-state index in [0.717, 1.165) is 5.56 Å². The number of aromatic nitrogens is 1. The number of amides is 1. The highest BCUT2D eigenvalue weighted by Gasteiger charge is 2.15. The molecule has 0 atom stereocenters. The number of rotatable bonds is 5. The number of nitrogens with zero attached hydrogens (tertiary/aromatic N) is 1. The molecule has 26 heavy (non-hydrogen) atoms. The molecule has 0 bridgehead atoms. The van der Waals surface area contributed by atoms with Crippen LogP contribution in [-0.2, 0) is 9.53 Å². The van der Waals surface area contributed by atoms with Crippen molar-refractivity contribution in [2.75, 3.05) is 11.9 Å². The second-order valence-corrected chi connectivity index (χ2v) is 6.91. The molecule has 0 spiro atoms. The van der Waals surface area contributed by atoms with Crippen molar-refractivity contribution in [1.82, 2.24) is 4.98 Å². The van der Waals surface area contributed by atoms with E-state index in [1.807, 2.05) is 6.07 Å².